The monoisotopic (exact) mass is 375 g/mol. The van der Waals surface area contributed by atoms with Gasteiger partial charge >= 0.3 is 5.97 Å². The number of carboxylic acid groups (broad SMARTS) is 1. The van der Waals surface area contributed by atoms with E-state index in [1.54, 1.807) is 6.07 Å². The van der Waals surface area contributed by atoms with Crippen LogP contribution in [0.25, 0.3) is 0 Å². The number of nitrogens with one attached hydrogen (secondary N) is 1. The molecular weight excluding hydrogens is 361 g/mol. The molecule has 0 spiro atoms. The summed E-state index contributed by atoms with van der Waals surface area (Å²) in [6.45, 7) is 0.341. The van der Waals surface area contributed by atoms with Crippen molar-refractivity contribution in [2.45, 2.75) is 25.0 Å². The van der Waals surface area contributed by atoms with Gasteiger partial charge in [-0.1, -0.05) is 12.1 Å². The van der Waals surface area contributed by atoms with Crippen LogP contribution in [0.4, 0.5) is 0 Å². The summed E-state index contributed by atoms with van der Waals surface area (Å²) in [6.07, 6.45) is 0.201. The van der Waals surface area contributed by atoms with Crippen molar-refractivity contribution in [1.29, 1.82) is 0 Å². The van der Waals surface area contributed by atoms with Crippen LogP contribution in [-0.4, -0.2) is 35.7 Å². The van der Waals surface area contributed by atoms with Crippen molar-refractivity contribution < 1.29 is 19.4 Å². The molecule has 1 aromatic carbocycles. The second kappa shape index (κ2) is 6.33. The zero-order chi connectivity index (χ0) is 13.8. The van der Waals surface area contributed by atoms with Crippen molar-refractivity contribution in [3.63, 3.8) is 0 Å². The van der Waals surface area contributed by atoms with Crippen molar-refractivity contribution in [3.8, 4) is 0 Å². The van der Waals surface area contributed by atoms with Crippen molar-refractivity contribution in [2.24, 2.45) is 0 Å². The first kappa shape index (κ1) is 14.3. The summed E-state index contributed by atoms with van der Waals surface area (Å²) in [6, 6.07) is 7.30. The van der Waals surface area contributed by atoms with Gasteiger partial charge in [-0.2, -0.15) is 0 Å². The molecule has 5 nitrogen and oxygen atoms in total. The summed E-state index contributed by atoms with van der Waals surface area (Å²) in [5.74, 6) is -1.10. The molecule has 1 aromatic rings. The van der Waals surface area contributed by atoms with E-state index in [1.165, 1.54) is 0 Å². The molecule has 2 atom stereocenters. The predicted octanol–water partition coefficient (Wildman–Crippen LogP) is 1.65. The zero-order valence-corrected chi connectivity index (χ0v) is 12.3. The van der Waals surface area contributed by atoms with Gasteiger partial charge in [-0.15, -0.1) is 0 Å². The number of carboxylic acids is 1. The Hall–Kier alpha value is -1.15. The molecule has 2 unspecified atom stereocenters. The second-order valence-electron chi connectivity index (χ2n) is 4.35. The Bertz CT molecular complexity index is 491. The van der Waals surface area contributed by atoms with Crippen molar-refractivity contribution in [3.05, 3.63) is 33.4 Å². The van der Waals surface area contributed by atoms with Gasteiger partial charge in [0.15, 0.2) is 6.10 Å². The molecule has 102 valence electrons. The maximum Gasteiger partial charge on any atom is 0.332 e. The molecule has 1 aliphatic heterocycles. The van der Waals surface area contributed by atoms with Crippen LogP contribution < -0.4 is 5.32 Å². The topological polar surface area (TPSA) is 75.6 Å². The van der Waals surface area contributed by atoms with E-state index in [1.807, 2.05) is 18.2 Å². The maximum atomic E-state index is 11.9. The highest BCUT2D eigenvalue weighted by Gasteiger charge is 2.30. The zero-order valence-electron chi connectivity index (χ0n) is 10.1. The normalized spacial score (nSPS) is 22.2. The summed E-state index contributed by atoms with van der Waals surface area (Å²) in [5, 5.41) is 11.6. The van der Waals surface area contributed by atoms with Crippen LogP contribution in [0.15, 0.2) is 24.3 Å². The number of amides is 1. The minimum absolute atomic E-state index is 0.160. The Morgan fingerprint density at radius 1 is 1.37 bits per heavy atom. The van der Waals surface area contributed by atoms with E-state index in [9.17, 15) is 9.59 Å². The van der Waals surface area contributed by atoms with Gasteiger partial charge in [-0.05, 0) is 47.6 Å². The molecule has 1 heterocycles. The number of hydrogen-bond donors (Lipinski definition) is 2. The number of carbonyl (C=O) groups is 2. The van der Waals surface area contributed by atoms with Gasteiger partial charge in [0.2, 0.25) is 0 Å². The van der Waals surface area contributed by atoms with Crippen molar-refractivity contribution in [1.82, 2.24) is 5.32 Å². The molecule has 1 saturated heterocycles. The van der Waals surface area contributed by atoms with Crippen LogP contribution in [0.1, 0.15) is 23.2 Å². The van der Waals surface area contributed by atoms with Gasteiger partial charge in [0.25, 0.3) is 5.91 Å². The standard InChI is InChI=1S/C13H14INO4/c14-10-4-2-1-3-9(10)12(16)15-7-8-5-6-11(19-8)13(17)18/h1-4,8,11H,5-7H2,(H,15,16)(H,17,18). The minimum atomic E-state index is -0.938. The van der Waals surface area contributed by atoms with E-state index in [4.69, 9.17) is 9.84 Å². The highest BCUT2D eigenvalue weighted by Crippen LogP contribution is 2.19. The number of rotatable bonds is 4. The van der Waals surface area contributed by atoms with Crippen molar-refractivity contribution >= 4 is 34.5 Å². The van der Waals surface area contributed by atoms with Crippen LogP contribution >= 0.6 is 22.6 Å². The van der Waals surface area contributed by atoms with Crippen molar-refractivity contribution in [2.75, 3.05) is 6.54 Å². The number of ether oxygens (including phenoxy) is 1. The molecule has 2 rings (SSSR count). The second-order valence-corrected chi connectivity index (χ2v) is 5.51. The van der Waals surface area contributed by atoms with Gasteiger partial charge in [0.1, 0.15) is 0 Å². The smallest absolute Gasteiger partial charge is 0.332 e. The third-order valence-corrected chi connectivity index (χ3v) is 3.93. The fraction of sp³-hybridized carbons (Fsp3) is 0.385. The van der Waals surface area contributed by atoms with E-state index in [2.05, 4.69) is 27.9 Å². The molecule has 0 aromatic heterocycles. The van der Waals surface area contributed by atoms with Crippen LogP contribution in [-0.2, 0) is 9.53 Å². The van der Waals surface area contributed by atoms with Gasteiger partial charge < -0.3 is 15.2 Å². The van der Waals surface area contributed by atoms with Crippen LogP contribution in [0, 0.1) is 3.57 Å². The van der Waals surface area contributed by atoms with Crippen LogP contribution in [0.3, 0.4) is 0 Å². The fourth-order valence-corrected chi connectivity index (χ4v) is 2.62. The van der Waals surface area contributed by atoms with Gasteiger partial charge in [0, 0.05) is 10.1 Å². The average molecular weight is 375 g/mol. The molecule has 1 amide bonds. The molecule has 1 fully saturated rings. The van der Waals surface area contributed by atoms with Gasteiger partial charge in [-0.3, -0.25) is 4.79 Å². The molecule has 2 N–H and O–H groups in total. The lowest BCUT2D eigenvalue weighted by molar-refractivity contribution is -0.149. The molecular formula is C13H14INO4. The van der Waals surface area contributed by atoms with E-state index in [-0.39, 0.29) is 12.0 Å². The Morgan fingerprint density at radius 3 is 2.74 bits per heavy atom. The first-order valence-corrected chi connectivity index (χ1v) is 7.07. The Balaban J connectivity index is 1.85. The summed E-state index contributed by atoms with van der Waals surface area (Å²) in [4.78, 5) is 22.7. The van der Waals surface area contributed by atoms with E-state index >= 15 is 0 Å². The molecule has 0 bridgehead atoms. The third kappa shape index (κ3) is 3.66. The third-order valence-electron chi connectivity index (χ3n) is 2.99. The summed E-state index contributed by atoms with van der Waals surface area (Å²) >= 11 is 2.11. The summed E-state index contributed by atoms with van der Waals surface area (Å²) in [5.41, 5.74) is 0.621. The van der Waals surface area contributed by atoms with Crippen LogP contribution in [0.5, 0.6) is 0 Å². The van der Waals surface area contributed by atoms with Gasteiger partial charge in [0.05, 0.1) is 11.7 Å². The molecule has 1 aliphatic rings. The van der Waals surface area contributed by atoms with Crippen LogP contribution in [0.2, 0.25) is 0 Å². The maximum absolute atomic E-state index is 11.9. The lowest BCUT2D eigenvalue weighted by atomic mass is 10.2. The SMILES string of the molecule is O=C(NCC1CCC(C(=O)O)O1)c1ccccc1I. The number of halogens is 1. The molecule has 0 radical (unpaired) electrons. The van der Waals surface area contributed by atoms with E-state index in [0.717, 1.165) is 3.57 Å². The number of benzene rings is 1. The van der Waals surface area contributed by atoms with E-state index in [0.29, 0.717) is 24.9 Å². The number of carbonyl (C=O) groups excluding carboxylic acids is 1. The Kier molecular flexibility index (Phi) is 4.76. The first-order chi connectivity index (χ1) is 9.08. The highest BCUT2D eigenvalue weighted by atomic mass is 127. The first-order valence-electron chi connectivity index (χ1n) is 5.99. The number of hydrogen-bond acceptors (Lipinski definition) is 3. The minimum Gasteiger partial charge on any atom is -0.479 e. The molecule has 6 heteroatoms. The lowest BCUT2D eigenvalue weighted by Gasteiger charge is -2.12. The lowest BCUT2D eigenvalue weighted by Crippen LogP contribution is -2.33. The molecule has 19 heavy (non-hydrogen) atoms. The highest BCUT2D eigenvalue weighted by molar-refractivity contribution is 14.1. The fourth-order valence-electron chi connectivity index (χ4n) is 1.98. The average Bonchev–Trinajstić information content (AvgIpc) is 2.85. The summed E-state index contributed by atoms with van der Waals surface area (Å²) in [7, 11) is 0. The predicted molar refractivity (Wildman–Crippen MR) is 77.0 cm³/mol. The molecule has 0 aliphatic carbocycles. The largest absolute Gasteiger partial charge is 0.479 e. The Morgan fingerprint density at radius 2 is 2.11 bits per heavy atom. The quantitative estimate of drug-likeness (QED) is 0.785. The Labute approximate surface area is 124 Å². The summed E-state index contributed by atoms with van der Waals surface area (Å²) < 4.78 is 6.21. The van der Waals surface area contributed by atoms with Gasteiger partial charge in [-0.25, -0.2) is 4.79 Å². The number of aliphatic carboxylic acids is 1. The van der Waals surface area contributed by atoms with E-state index < -0.39 is 12.1 Å². The molecule has 0 saturated carbocycles.